The molecule has 164 valence electrons. The quantitative estimate of drug-likeness (QED) is 0.512. The molecule has 2 atom stereocenters. The lowest BCUT2D eigenvalue weighted by Gasteiger charge is -2.23. The Balaban J connectivity index is 1.66. The fourth-order valence-electron chi connectivity index (χ4n) is 3.75. The van der Waals surface area contributed by atoms with Gasteiger partial charge in [-0.05, 0) is 28.2 Å². The summed E-state index contributed by atoms with van der Waals surface area (Å²) < 4.78 is 5.45. The van der Waals surface area contributed by atoms with Crippen LogP contribution in [0.5, 0.6) is 0 Å². The minimum Gasteiger partial charge on any atom is -0.480 e. The number of amides is 2. The van der Waals surface area contributed by atoms with E-state index in [1.165, 1.54) is 0 Å². The van der Waals surface area contributed by atoms with Crippen molar-refractivity contribution in [3.63, 3.8) is 0 Å². The van der Waals surface area contributed by atoms with Gasteiger partial charge < -0.3 is 25.6 Å². The molecule has 0 saturated carbocycles. The summed E-state index contributed by atoms with van der Waals surface area (Å²) in [4.78, 5) is 35.9. The minimum absolute atomic E-state index is 0.0979. The molecule has 0 unspecified atom stereocenters. The van der Waals surface area contributed by atoms with Gasteiger partial charge in [-0.3, -0.25) is 4.79 Å². The molecule has 2 aromatic carbocycles. The summed E-state index contributed by atoms with van der Waals surface area (Å²) in [5.41, 5.74) is 4.36. The zero-order valence-corrected chi connectivity index (χ0v) is 17.4. The summed E-state index contributed by atoms with van der Waals surface area (Å²) in [5, 5.41) is 22.8. The first-order valence-corrected chi connectivity index (χ1v) is 10.1. The molecule has 4 N–H and O–H groups in total. The van der Waals surface area contributed by atoms with E-state index in [2.05, 4.69) is 10.6 Å². The number of nitrogens with one attached hydrogen (secondary N) is 2. The van der Waals surface area contributed by atoms with E-state index in [9.17, 15) is 14.4 Å². The van der Waals surface area contributed by atoms with Crippen LogP contribution in [0.4, 0.5) is 4.79 Å². The summed E-state index contributed by atoms with van der Waals surface area (Å²) in [6.07, 6.45) is -0.772. The summed E-state index contributed by atoms with van der Waals surface area (Å²) >= 11 is 0. The van der Waals surface area contributed by atoms with Crippen LogP contribution in [0, 0.1) is 5.92 Å². The van der Waals surface area contributed by atoms with Crippen molar-refractivity contribution >= 4 is 18.0 Å². The largest absolute Gasteiger partial charge is 0.480 e. The molecular weight excluding hydrogens is 400 g/mol. The lowest BCUT2D eigenvalue weighted by atomic mass is 9.98. The van der Waals surface area contributed by atoms with Gasteiger partial charge in [0.25, 0.3) is 0 Å². The first kappa shape index (κ1) is 22.3. The molecule has 31 heavy (non-hydrogen) atoms. The number of aliphatic hydroxyl groups excluding tert-OH is 1. The van der Waals surface area contributed by atoms with Crippen molar-refractivity contribution in [2.24, 2.45) is 5.92 Å². The third-order valence-corrected chi connectivity index (χ3v) is 5.36. The number of ether oxygens (including phenoxy) is 1. The van der Waals surface area contributed by atoms with Crippen LogP contribution in [-0.2, 0) is 14.3 Å². The van der Waals surface area contributed by atoms with Crippen molar-refractivity contribution in [3.05, 3.63) is 59.7 Å². The van der Waals surface area contributed by atoms with Gasteiger partial charge in [-0.25, -0.2) is 9.59 Å². The highest BCUT2D eigenvalue weighted by atomic mass is 16.5. The highest BCUT2D eigenvalue weighted by Crippen LogP contribution is 2.44. The maximum Gasteiger partial charge on any atom is 0.407 e. The fourth-order valence-corrected chi connectivity index (χ4v) is 3.75. The topological polar surface area (TPSA) is 125 Å². The van der Waals surface area contributed by atoms with Gasteiger partial charge >= 0.3 is 12.1 Å². The van der Waals surface area contributed by atoms with E-state index < -0.39 is 36.7 Å². The van der Waals surface area contributed by atoms with Crippen molar-refractivity contribution < 1.29 is 29.3 Å². The number of carbonyl (C=O) groups excluding carboxylic acids is 2. The molecule has 0 spiro atoms. The van der Waals surface area contributed by atoms with Crippen LogP contribution in [-0.4, -0.2) is 53.5 Å². The van der Waals surface area contributed by atoms with Crippen LogP contribution < -0.4 is 10.6 Å². The van der Waals surface area contributed by atoms with Crippen molar-refractivity contribution in [3.8, 4) is 11.1 Å². The number of fused-ring (bicyclic) bond motifs is 3. The van der Waals surface area contributed by atoms with Crippen molar-refractivity contribution in [1.82, 2.24) is 10.6 Å². The second kappa shape index (κ2) is 9.61. The number of hydrogen-bond acceptors (Lipinski definition) is 5. The molecule has 1 aliphatic carbocycles. The van der Waals surface area contributed by atoms with Crippen LogP contribution >= 0.6 is 0 Å². The molecular formula is C23H26N2O6. The summed E-state index contributed by atoms with van der Waals surface area (Å²) in [6.45, 7) is 2.77. The number of aliphatic hydroxyl groups is 1. The van der Waals surface area contributed by atoms with Gasteiger partial charge in [0.15, 0.2) is 0 Å². The van der Waals surface area contributed by atoms with Crippen LogP contribution in [0.25, 0.3) is 11.1 Å². The Morgan fingerprint density at radius 1 is 0.968 bits per heavy atom. The standard InChI is InChI=1S/C23H26N2O6/c1-13(2)20(21(27)24-19(11-26)22(28)29)25-23(30)31-12-18-16-9-5-3-7-14(16)15-8-4-6-10-17(15)18/h3-10,13,18-20,26H,11-12H2,1-2H3,(H,24,27)(H,25,30)(H,28,29)/t19-,20+/m0/s1. The molecule has 1 aliphatic rings. The molecule has 2 amide bonds. The molecule has 0 fully saturated rings. The predicted molar refractivity (Wildman–Crippen MR) is 113 cm³/mol. The fraction of sp³-hybridized carbons (Fsp3) is 0.348. The smallest absolute Gasteiger partial charge is 0.407 e. The van der Waals surface area contributed by atoms with Crippen LogP contribution in [0.15, 0.2) is 48.5 Å². The monoisotopic (exact) mass is 426 g/mol. The Labute approximate surface area is 180 Å². The molecule has 0 radical (unpaired) electrons. The highest BCUT2D eigenvalue weighted by Gasteiger charge is 2.31. The van der Waals surface area contributed by atoms with Gasteiger partial charge in [0.05, 0.1) is 6.61 Å². The van der Waals surface area contributed by atoms with Crippen molar-refractivity contribution in [2.75, 3.05) is 13.2 Å². The number of carboxylic acid groups (broad SMARTS) is 1. The van der Waals surface area contributed by atoms with Crippen molar-refractivity contribution in [2.45, 2.75) is 31.8 Å². The van der Waals surface area contributed by atoms with Gasteiger partial charge in [0, 0.05) is 5.92 Å². The third kappa shape index (κ3) is 4.86. The highest BCUT2D eigenvalue weighted by molar-refractivity contribution is 5.89. The number of rotatable bonds is 8. The second-order valence-electron chi connectivity index (χ2n) is 7.77. The van der Waals surface area contributed by atoms with Crippen LogP contribution in [0.1, 0.15) is 30.9 Å². The SMILES string of the molecule is CC(C)[C@@H](NC(=O)OCC1c2ccccc2-c2ccccc21)C(=O)N[C@@H](CO)C(=O)O. The number of carboxylic acids is 1. The zero-order chi connectivity index (χ0) is 22.5. The Hall–Kier alpha value is -3.39. The van der Waals surface area contributed by atoms with E-state index in [1.54, 1.807) is 13.8 Å². The predicted octanol–water partition coefficient (Wildman–Crippen LogP) is 2.11. The van der Waals surface area contributed by atoms with Gasteiger partial charge in [-0.2, -0.15) is 0 Å². The van der Waals surface area contributed by atoms with Gasteiger partial charge in [-0.15, -0.1) is 0 Å². The van der Waals surface area contributed by atoms with E-state index in [0.29, 0.717) is 0 Å². The molecule has 0 saturated heterocycles. The molecule has 8 nitrogen and oxygen atoms in total. The van der Waals surface area contributed by atoms with E-state index in [4.69, 9.17) is 14.9 Å². The average Bonchev–Trinajstić information content (AvgIpc) is 3.07. The van der Waals surface area contributed by atoms with Gasteiger partial charge in [0.1, 0.15) is 18.7 Å². The molecule has 0 aromatic heterocycles. The Morgan fingerprint density at radius 2 is 1.52 bits per heavy atom. The minimum atomic E-state index is -1.45. The summed E-state index contributed by atoms with van der Waals surface area (Å²) in [7, 11) is 0. The Bertz CT molecular complexity index is 929. The van der Waals surface area contributed by atoms with Crippen LogP contribution in [0.2, 0.25) is 0 Å². The summed E-state index contributed by atoms with van der Waals surface area (Å²) in [6, 6.07) is 13.4. The molecule has 0 bridgehead atoms. The first-order chi connectivity index (χ1) is 14.8. The Morgan fingerprint density at radius 3 is 2.00 bits per heavy atom. The normalized spacial score (nSPS) is 14.3. The lowest BCUT2D eigenvalue weighted by Crippen LogP contribution is -2.54. The molecule has 8 heteroatoms. The van der Waals surface area contributed by atoms with Gasteiger partial charge in [0.2, 0.25) is 5.91 Å². The maximum atomic E-state index is 12.5. The molecule has 0 heterocycles. The van der Waals surface area contributed by atoms with E-state index in [1.807, 2.05) is 48.5 Å². The number of aliphatic carboxylic acids is 1. The number of alkyl carbamates (subject to hydrolysis) is 1. The van der Waals surface area contributed by atoms with Crippen LogP contribution in [0.3, 0.4) is 0 Å². The first-order valence-electron chi connectivity index (χ1n) is 10.1. The lowest BCUT2D eigenvalue weighted by molar-refractivity contribution is -0.143. The molecule has 3 rings (SSSR count). The van der Waals surface area contributed by atoms with E-state index in [0.717, 1.165) is 22.3 Å². The molecule has 0 aliphatic heterocycles. The number of carbonyl (C=O) groups is 3. The third-order valence-electron chi connectivity index (χ3n) is 5.36. The van der Waals surface area contributed by atoms with E-state index in [-0.39, 0.29) is 18.4 Å². The van der Waals surface area contributed by atoms with Gasteiger partial charge in [-0.1, -0.05) is 62.4 Å². The Kier molecular flexibility index (Phi) is 6.91. The average molecular weight is 426 g/mol. The zero-order valence-electron chi connectivity index (χ0n) is 17.4. The second-order valence-corrected chi connectivity index (χ2v) is 7.77. The molecule has 2 aromatic rings. The van der Waals surface area contributed by atoms with E-state index >= 15 is 0 Å². The summed E-state index contributed by atoms with van der Waals surface area (Å²) in [5.74, 6) is -2.51. The van der Waals surface area contributed by atoms with Crippen molar-refractivity contribution in [1.29, 1.82) is 0 Å². The number of benzene rings is 2. The maximum absolute atomic E-state index is 12.5. The number of hydrogen-bond donors (Lipinski definition) is 4.